The highest BCUT2D eigenvalue weighted by Gasteiger charge is 2.64. The molecule has 2 aliphatic heterocycles. The van der Waals surface area contributed by atoms with Gasteiger partial charge in [-0.15, -0.1) is 11.3 Å². The van der Waals surface area contributed by atoms with Crippen LogP contribution in [0.5, 0.6) is 5.75 Å². The van der Waals surface area contributed by atoms with Crippen LogP contribution in [0.2, 0.25) is 0 Å². The summed E-state index contributed by atoms with van der Waals surface area (Å²) in [6.07, 6.45) is 3.83. The molecular formula is C26H19N3O2S. The van der Waals surface area contributed by atoms with E-state index in [2.05, 4.69) is 12.1 Å². The first-order chi connectivity index (χ1) is 15.6. The Morgan fingerprint density at radius 2 is 1.81 bits per heavy atom. The molecule has 32 heavy (non-hydrogen) atoms. The molecule has 1 saturated heterocycles. The molecule has 3 heterocycles. The van der Waals surface area contributed by atoms with Crippen molar-refractivity contribution >= 4 is 23.2 Å². The number of Topliss-reactive ketones (excluding diaryl/α,β-unsaturated/α-hetero) is 1. The molecule has 2 aromatic carbocycles. The lowest BCUT2D eigenvalue weighted by molar-refractivity contribution is 0.0875. The third kappa shape index (κ3) is 2.77. The van der Waals surface area contributed by atoms with Crippen LogP contribution >= 0.6 is 11.3 Å². The fourth-order valence-corrected chi connectivity index (χ4v) is 5.93. The zero-order chi connectivity index (χ0) is 22.3. The van der Waals surface area contributed by atoms with Crippen molar-refractivity contribution in [2.45, 2.75) is 18.0 Å². The maximum atomic E-state index is 13.9. The lowest BCUT2D eigenvalue weighted by Crippen LogP contribution is -2.37. The van der Waals surface area contributed by atoms with Crippen LogP contribution < -0.4 is 4.74 Å². The summed E-state index contributed by atoms with van der Waals surface area (Å²) >= 11 is 1.48. The second-order valence-corrected chi connectivity index (χ2v) is 8.90. The molecule has 0 unspecified atom stereocenters. The Bertz CT molecular complexity index is 1270. The van der Waals surface area contributed by atoms with Crippen LogP contribution in [-0.4, -0.2) is 23.8 Å². The van der Waals surface area contributed by atoms with Crippen molar-refractivity contribution in [1.29, 1.82) is 10.5 Å². The summed E-state index contributed by atoms with van der Waals surface area (Å²) < 4.78 is 5.23. The van der Waals surface area contributed by atoms with Gasteiger partial charge in [0, 0.05) is 16.6 Å². The monoisotopic (exact) mass is 437 g/mol. The zero-order valence-corrected chi connectivity index (χ0v) is 18.1. The van der Waals surface area contributed by atoms with Gasteiger partial charge in [0.25, 0.3) is 0 Å². The fraction of sp³-hybridized carbons (Fsp3) is 0.192. The number of rotatable bonds is 4. The van der Waals surface area contributed by atoms with Gasteiger partial charge in [-0.25, -0.2) is 0 Å². The van der Waals surface area contributed by atoms with Gasteiger partial charge >= 0.3 is 0 Å². The number of nitriles is 2. The van der Waals surface area contributed by atoms with Crippen LogP contribution in [-0.2, 0) is 0 Å². The van der Waals surface area contributed by atoms with Gasteiger partial charge in [-0.1, -0.05) is 30.3 Å². The van der Waals surface area contributed by atoms with Gasteiger partial charge in [-0.2, -0.15) is 10.5 Å². The molecule has 5 rings (SSSR count). The van der Waals surface area contributed by atoms with E-state index in [4.69, 9.17) is 4.74 Å². The summed E-state index contributed by atoms with van der Waals surface area (Å²) in [5, 5.41) is 22.8. The molecule has 1 aromatic heterocycles. The minimum Gasteiger partial charge on any atom is -0.497 e. The summed E-state index contributed by atoms with van der Waals surface area (Å²) in [4.78, 5) is 16.7. The van der Waals surface area contributed by atoms with E-state index in [1.165, 1.54) is 11.3 Å². The molecule has 0 aliphatic carbocycles. The number of ether oxygens (including phenoxy) is 1. The highest BCUT2D eigenvalue weighted by Crippen LogP contribution is 2.60. The smallest absolute Gasteiger partial charge is 0.185 e. The Morgan fingerprint density at radius 1 is 1.06 bits per heavy atom. The first kappa shape index (κ1) is 20.1. The number of carbonyl (C=O) groups is 1. The Balaban J connectivity index is 1.72. The van der Waals surface area contributed by atoms with Crippen LogP contribution in [0.4, 0.5) is 0 Å². The van der Waals surface area contributed by atoms with E-state index in [1.54, 1.807) is 31.4 Å². The predicted octanol–water partition coefficient (Wildman–Crippen LogP) is 5.17. The highest BCUT2D eigenvalue weighted by atomic mass is 32.1. The van der Waals surface area contributed by atoms with Gasteiger partial charge in [0.1, 0.15) is 11.8 Å². The molecule has 6 heteroatoms. The third-order valence-electron chi connectivity index (χ3n) is 6.44. The lowest BCUT2D eigenvalue weighted by Gasteiger charge is -2.34. The number of thiophene rings is 1. The molecule has 156 valence electrons. The number of hydrogen-bond donors (Lipinski definition) is 0. The normalized spacial score (nSPS) is 22.3. The van der Waals surface area contributed by atoms with E-state index in [9.17, 15) is 15.3 Å². The number of hydrogen-bond acceptors (Lipinski definition) is 6. The fourth-order valence-electron chi connectivity index (χ4n) is 5.00. The summed E-state index contributed by atoms with van der Waals surface area (Å²) in [5.41, 5.74) is 0.962. The number of carbonyl (C=O) groups excluding carboxylic acids is 1. The minimum absolute atomic E-state index is 0.118. The zero-order valence-electron chi connectivity index (χ0n) is 17.3. The molecule has 2 aliphatic rings. The SMILES string of the molecule is COc1ccc(C(=O)[C@@H]2[C@H](c3cccs3)C(C#N)(C#N)[C@H]3c4ccccc4C=CN23)cc1. The van der Waals surface area contributed by atoms with Gasteiger partial charge in [0.15, 0.2) is 11.2 Å². The van der Waals surface area contributed by atoms with E-state index in [-0.39, 0.29) is 5.78 Å². The molecule has 3 atom stereocenters. The summed E-state index contributed by atoms with van der Waals surface area (Å²) in [7, 11) is 1.58. The van der Waals surface area contributed by atoms with Crippen LogP contribution in [0.1, 0.15) is 38.3 Å². The Labute approximate surface area is 190 Å². The van der Waals surface area contributed by atoms with Gasteiger partial charge < -0.3 is 9.64 Å². The van der Waals surface area contributed by atoms with E-state index in [0.717, 1.165) is 16.0 Å². The molecule has 0 N–H and O–H groups in total. The summed E-state index contributed by atoms with van der Waals surface area (Å²) in [5.74, 6) is -0.0452. The molecule has 0 saturated carbocycles. The maximum Gasteiger partial charge on any atom is 0.185 e. The van der Waals surface area contributed by atoms with E-state index >= 15 is 0 Å². The molecular weight excluding hydrogens is 418 g/mol. The molecule has 0 radical (unpaired) electrons. The largest absolute Gasteiger partial charge is 0.497 e. The van der Waals surface area contributed by atoms with Crippen molar-refractivity contribution in [1.82, 2.24) is 4.90 Å². The summed E-state index contributed by atoms with van der Waals surface area (Å²) in [6, 6.07) is 22.1. The van der Waals surface area contributed by atoms with Gasteiger partial charge in [0.2, 0.25) is 0 Å². The van der Waals surface area contributed by atoms with Crippen LogP contribution in [0.3, 0.4) is 0 Å². The molecule has 0 bridgehead atoms. The van der Waals surface area contributed by atoms with Crippen LogP contribution in [0, 0.1) is 28.1 Å². The van der Waals surface area contributed by atoms with E-state index < -0.39 is 23.4 Å². The quantitative estimate of drug-likeness (QED) is 0.527. The number of methoxy groups -OCH3 is 1. The number of fused-ring (bicyclic) bond motifs is 3. The van der Waals surface area contributed by atoms with Crippen molar-refractivity contribution in [2.24, 2.45) is 5.41 Å². The predicted molar refractivity (Wildman–Crippen MR) is 122 cm³/mol. The Morgan fingerprint density at radius 3 is 2.47 bits per heavy atom. The topological polar surface area (TPSA) is 77.1 Å². The maximum absolute atomic E-state index is 13.9. The Kier molecular flexibility index (Phi) is 4.81. The molecule has 0 amide bonds. The van der Waals surface area contributed by atoms with Crippen molar-refractivity contribution in [2.75, 3.05) is 7.11 Å². The first-order valence-electron chi connectivity index (χ1n) is 10.2. The molecule has 0 spiro atoms. The standard InChI is InChI=1S/C26H19N3O2S/c1-31-19-10-8-18(9-11-19)24(30)23-22(21-7-4-14-32-21)26(15-27,16-28)25-20-6-3-2-5-17(20)12-13-29(23)25/h2-14,22-23,25H,1H3/t22-,23-,25+/m0/s1. The van der Waals surface area contributed by atoms with Crippen molar-refractivity contribution in [3.63, 3.8) is 0 Å². The van der Waals surface area contributed by atoms with Crippen LogP contribution in [0.15, 0.2) is 72.2 Å². The third-order valence-corrected chi connectivity index (χ3v) is 7.39. The van der Waals surface area contributed by atoms with E-state index in [1.807, 2.05) is 59.0 Å². The second-order valence-electron chi connectivity index (χ2n) is 7.92. The van der Waals surface area contributed by atoms with Gasteiger partial charge in [-0.3, -0.25) is 4.79 Å². The van der Waals surface area contributed by atoms with E-state index in [0.29, 0.717) is 11.3 Å². The average molecular weight is 438 g/mol. The molecule has 5 nitrogen and oxygen atoms in total. The van der Waals surface area contributed by atoms with Gasteiger partial charge in [-0.05, 0) is 52.9 Å². The minimum atomic E-state index is -1.42. The number of ketones is 1. The van der Waals surface area contributed by atoms with Crippen molar-refractivity contribution in [3.05, 3.63) is 93.8 Å². The lowest BCUT2D eigenvalue weighted by atomic mass is 9.69. The average Bonchev–Trinajstić information content (AvgIpc) is 3.48. The Hall–Kier alpha value is -3.87. The second kappa shape index (κ2) is 7.67. The molecule has 1 fully saturated rings. The number of benzene rings is 2. The number of nitrogens with zero attached hydrogens (tertiary/aromatic N) is 3. The first-order valence-corrected chi connectivity index (χ1v) is 11.1. The van der Waals surface area contributed by atoms with Crippen molar-refractivity contribution in [3.8, 4) is 17.9 Å². The van der Waals surface area contributed by atoms with Crippen LogP contribution in [0.25, 0.3) is 6.08 Å². The summed E-state index contributed by atoms with van der Waals surface area (Å²) in [6.45, 7) is 0. The van der Waals surface area contributed by atoms with Gasteiger partial charge in [0.05, 0.1) is 31.2 Å². The van der Waals surface area contributed by atoms with Crippen molar-refractivity contribution < 1.29 is 9.53 Å². The highest BCUT2D eigenvalue weighted by molar-refractivity contribution is 7.10. The molecule has 3 aromatic rings.